The highest BCUT2D eigenvalue weighted by Gasteiger charge is 2.38. The molecule has 1 heterocycles. The molecule has 154 valence electrons. The molecule has 0 aliphatic heterocycles. The highest BCUT2D eigenvalue weighted by Crippen LogP contribution is 2.38. The number of nitrogens with zero attached hydrogens (tertiary/aromatic N) is 2. The molecule has 30 heavy (non-hydrogen) atoms. The smallest absolute Gasteiger partial charge is 0.189 e. The van der Waals surface area contributed by atoms with Crippen molar-refractivity contribution >= 4 is 16.6 Å². The first-order valence-electron chi connectivity index (χ1n) is 10.1. The number of ether oxygens (including phenoxy) is 2. The summed E-state index contributed by atoms with van der Waals surface area (Å²) < 4.78 is 11.2. The van der Waals surface area contributed by atoms with Crippen LogP contribution in [0.3, 0.4) is 0 Å². The lowest BCUT2D eigenvalue weighted by Gasteiger charge is -2.41. The van der Waals surface area contributed by atoms with Gasteiger partial charge in [-0.15, -0.1) is 16.6 Å². The van der Waals surface area contributed by atoms with Gasteiger partial charge >= 0.3 is 0 Å². The van der Waals surface area contributed by atoms with Gasteiger partial charge in [0.05, 0.1) is 5.60 Å². The third-order valence-electron chi connectivity index (χ3n) is 5.31. The molecule has 2 aromatic carbocycles. The lowest BCUT2D eigenvalue weighted by atomic mass is 9.77. The van der Waals surface area contributed by atoms with Crippen LogP contribution < -0.4 is 10.1 Å². The number of anilines is 1. The second-order valence-corrected chi connectivity index (χ2v) is 7.80. The summed E-state index contributed by atoms with van der Waals surface area (Å²) in [5.41, 5.74) is 1.63. The summed E-state index contributed by atoms with van der Waals surface area (Å²) in [6.45, 7) is 4.45. The summed E-state index contributed by atoms with van der Waals surface area (Å²) in [6, 6.07) is 13.7. The van der Waals surface area contributed by atoms with Crippen LogP contribution in [0.15, 0.2) is 42.5 Å². The molecule has 0 amide bonds. The fraction of sp³-hybridized carbons (Fsp3) is 0.333. The van der Waals surface area contributed by atoms with E-state index in [-0.39, 0.29) is 12.8 Å². The zero-order valence-electron chi connectivity index (χ0n) is 17.2. The summed E-state index contributed by atoms with van der Waals surface area (Å²) in [5, 5.41) is 24.3. The fourth-order valence-electron chi connectivity index (χ4n) is 3.82. The van der Waals surface area contributed by atoms with Crippen LogP contribution in [0.4, 0.5) is 5.82 Å². The SMILES string of the molecule is C#Cc1ccc(-c2nnc(NC3CC(C)(O)C3)c3ccccc23)c(OCOCC)c1. The number of hydrogen-bond acceptors (Lipinski definition) is 6. The van der Waals surface area contributed by atoms with Crippen LogP contribution in [-0.4, -0.2) is 40.3 Å². The molecule has 0 saturated heterocycles. The Morgan fingerprint density at radius 1 is 1.20 bits per heavy atom. The Balaban J connectivity index is 1.73. The van der Waals surface area contributed by atoms with Gasteiger partial charge in [-0.05, 0) is 44.9 Å². The molecule has 0 atom stereocenters. The van der Waals surface area contributed by atoms with Gasteiger partial charge in [-0.2, -0.15) is 0 Å². The molecule has 0 spiro atoms. The topological polar surface area (TPSA) is 76.5 Å². The van der Waals surface area contributed by atoms with Crippen molar-refractivity contribution in [2.45, 2.75) is 38.3 Å². The second-order valence-electron chi connectivity index (χ2n) is 7.80. The molecule has 0 bridgehead atoms. The Hall–Kier alpha value is -3.14. The van der Waals surface area contributed by atoms with Gasteiger partial charge in [0.1, 0.15) is 11.4 Å². The van der Waals surface area contributed by atoms with Crippen LogP contribution in [0.1, 0.15) is 32.3 Å². The van der Waals surface area contributed by atoms with E-state index >= 15 is 0 Å². The lowest BCUT2D eigenvalue weighted by molar-refractivity contribution is -0.0235. The molecule has 6 heteroatoms. The van der Waals surface area contributed by atoms with Crippen molar-refractivity contribution in [2.75, 3.05) is 18.7 Å². The molecule has 1 aromatic heterocycles. The predicted molar refractivity (Wildman–Crippen MR) is 117 cm³/mol. The van der Waals surface area contributed by atoms with Gasteiger partial charge in [0.2, 0.25) is 0 Å². The largest absolute Gasteiger partial charge is 0.467 e. The first-order chi connectivity index (χ1) is 14.5. The van der Waals surface area contributed by atoms with E-state index in [9.17, 15) is 5.11 Å². The quantitative estimate of drug-likeness (QED) is 0.353. The Morgan fingerprint density at radius 2 is 1.97 bits per heavy atom. The summed E-state index contributed by atoms with van der Waals surface area (Å²) in [7, 11) is 0. The average Bonchev–Trinajstić information content (AvgIpc) is 2.73. The van der Waals surface area contributed by atoms with E-state index < -0.39 is 5.60 Å². The van der Waals surface area contributed by atoms with Crippen LogP contribution >= 0.6 is 0 Å². The van der Waals surface area contributed by atoms with Crippen molar-refractivity contribution in [3.8, 4) is 29.4 Å². The maximum absolute atomic E-state index is 10.0. The molecule has 0 radical (unpaired) electrons. The standard InChI is InChI=1S/C24H25N3O3/c1-4-16-10-11-20(21(12-16)30-15-29-5-2)22-18-8-6-7-9-19(18)23(27-26-22)25-17-13-24(3,28)14-17/h1,6-12,17,28H,5,13-15H2,2-3H3,(H,25,27). The predicted octanol–water partition coefficient (Wildman–Crippen LogP) is 3.98. The number of rotatable bonds is 7. The van der Waals surface area contributed by atoms with Crippen molar-refractivity contribution in [3.63, 3.8) is 0 Å². The van der Waals surface area contributed by atoms with Gasteiger partial charge in [0, 0.05) is 34.5 Å². The Labute approximate surface area is 176 Å². The third kappa shape index (κ3) is 4.09. The van der Waals surface area contributed by atoms with Crippen LogP contribution in [0.2, 0.25) is 0 Å². The Bertz CT molecular complexity index is 1100. The molecular formula is C24H25N3O3. The maximum Gasteiger partial charge on any atom is 0.189 e. The average molecular weight is 403 g/mol. The van der Waals surface area contributed by atoms with Gasteiger partial charge in [-0.3, -0.25) is 0 Å². The van der Waals surface area contributed by atoms with Crippen molar-refractivity contribution in [1.29, 1.82) is 0 Å². The molecular weight excluding hydrogens is 378 g/mol. The Morgan fingerprint density at radius 3 is 2.67 bits per heavy atom. The zero-order chi connectivity index (χ0) is 21.1. The lowest BCUT2D eigenvalue weighted by Crippen LogP contribution is -2.48. The van der Waals surface area contributed by atoms with Crippen molar-refractivity contribution < 1.29 is 14.6 Å². The molecule has 1 aliphatic carbocycles. The molecule has 2 N–H and O–H groups in total. The maximum atomic E-state index is 10.0. The van der Waals surface area contributed by atoms with Crippen molar-refractivity contribution in [1.82, 2.24) is 10.2 Å². The zero-order valence-corrected chi connectivity index (χ0v) is 17.2. The number of aliphatic hydroxyl groups is 1. The Kier molecular flexibility index (Phi) is 5.58. The van der Waals surface area contributed by atoms with Gasteiger partial charge < -0.3 is 19.9 Å². The number of terminal acetylenes is 1. The van der Waals surface area contributed by atoms with E-state index in [1.54, 1.807) is 0 Å². The van der Waals surface area contributed by atoms with Gasteiger partial charge in [0.25, 0.3) is 0 Å². The first-order valence-corrected chi connectivity index (χ1v) is 10.1. The molecule has 0 unspecified atom stereocenters. The molecule has 6 nitrogen and oxygen atoms in total. The number of benzene rings is 2. The number of hydrogen-bond donors (Lipinski definition) is 2. The van der Waals surface area contributed by atoms with Crippen LogP contribution in [-0.2, 0) is 4.74 Å². The minimum atomic E-state index is -0.605. The molecule has 4 rings (SSSR count). The third-order valence-corrected chi connectivity index (χ3v) is 5.31. The van der Waals surface area contributed by atoms with E-state index in [1.807, 2.05) is 56.3 Å². The molecule has 1 saturated carbocycles. The first kappa shape index (κ1) is 20.1. The van der Waals surface area contributed by atoms with E-state index in [2.05, 4.69) is 21.4 Å². The summed E-state index contributed by atoms with van der Waals surface area (Å²) >= 11 is 0. The van der Waals surface area contributed by atoms with Crippen molar-refractivity contribution in [3.05, 3.63) is 48.0 Å². The van der Waals surface area contributed by atoms with Gasteiger partial charge in [0.15, 0.2) is 12.6 Å². The highest BCUT2D eigenvalue weighted by molar-refractivity contribution is 6.01. The number of nitrogens with one attached hydrogen (secondary N) is 1. The minimum absolute atomic E-state index is 0.129. The van der Waals surface area contributed by atoms with Crippen LogP contribution in [0.5, 0.6) is 5.75 Å². The minimum Gasteiger partial charge on any atom is -0.467 e. The highest BCUT2D eigenvalue weighted by atomic mass is 16.7. The van der Waals surface area contributed by atoms with Crippen LogP contribution in [0, 0.1) is 12.3 Å². The monoisotopic (exact) mass is 403 g/mol. The van der Waals surface area contributed by atoms with E-state index in [4.69, 9.17) is 15.9 Å². The number of aromatic nitrogens is 2. The summed E-state index contributed by atoms with van der Waals surface area (Å²) in [5.74, 6) is 3.96. The number of fused-ring (bicyclic) bond motifs is 1. The second kappa shape index (κ2) is 8.31. The fourth-order valence-corrected chi connectivity index (χ4v) is 3.82. The molecule has 1 aliphatic rings. The normalized spacial score (nSPS) is 20.4. The van der Waals surface area contributed by atoms with Gasteiger partial charge in [-0.25, -0.2) is 0 Å². The van der Waals surface area contributed by atoms with E-state index in [0.717, 1.165) is 21.9 Å². The van der Waals surface area contributed by atoms with E-state index in [0.29, 0.717) is 36.7 Å². The van der Waals surface area contributed by atoms with Crippen LogP contribution in [0.25, 0.3) is 22.0 Å². The van der Waals surface area contributed by atoms with E-state index in [1.165, 1.54) is 0 Å². The summed E-state index contributed by atoms with van der Waals surface area (Å²) in [4.78, 5) is 0. The van der Waals surface area contributed by atoms with Gasteiger partial charge in [-0.1, -0.05) is 30.2 Å². The summed E-state index contributed by atoms with van der Waals surface area (Å²) in [6.07, 6.45) is 6.94. The molecule has 3 aromatic rings. The van der Waals surface area contributed by atoms with Crippen molar-refractivity contribution in [2.24, 2.45) is 0 Å². The molecule has 1 fully saturated rings.